The molecule has 1 aromatic rings. The van der Waals surface area contributed by atoms with Crippen molar-refractivity contribution < 1.29 is 0 Å². The maximum Gasteiger partial charge on any atom is 0.106 e. The molecule has 1 fully saturated rings. The summed E-state index contributed by atoms with van der Waals surface area (Å²) in [5.41, 5.74) is 1.09. The molecule has 0 unspecified atom stereocenters. The van der Waals surface area contributed by atoms with Crippen LogP contribution in [0.5, 0.6) is 0 Å². The van der Waals surface area contributed by atoms with Crippen molar-refractivity contribution in [2.75, 3.05) is 6.54 Å². The first kappa shape index (κ1) is 10.1. The van der Waals surface area contributed by atoms with E-state index in [-0.39, 0.29) is 0 Å². The predicted octanol–water partition coefficient (Wildman–Crippen LogP) is 3.12. The van der Waals surface area contributed by atoms with E-state index in [1.54, 1.807) is 0 Å². The molecule has 1 aliphatic carbocycles. The highest BCUT2D eigenvalue weighted by Crippen LogP contribution is 2.27. The van der Waals surface area contributed by atoms with Gasteiger partial charge in [0, 0.05) is 16.6 Å². The third-order valence-corrected chi connectivity index (χ3v) is 3.21. The Morgan fingerprint density at radius 3 is 2.93 bits per heavy atom. The van der Waals surface area contributed by atoms with E-state index in [0.29, 0.717) is 0 Å². The Morgan fingerprint density at radius 2 is 2.29 bits per heavy atom. The Bertz CT molecular complexity index is 347. The first-order valence-electron chi connectivity index (χ1n) is 4.79. The van der Waals surface area contributed by atoms with Crippen molar-refractivity contribution in [3.05, 3.63) is 34.3 Å². The zero-order chi connectivity index (χ0) is 9.97. The van der Waals surface area contributed by atoms with Crippen LogP contribution in [0.15, 0.2) is 28.7 Å². The maximum atomic E-state index is 5.29. The lowest BCUT2D eigenvalue weighted by Crippen LogP contribution is -2.24. The number of nitrogens with one attached hydrogen (secondary N) is 1. The minimum Gasteiger partial charge on any atom is -0.376 e. The Balaban J connectivity index is 1.95. The normalized spacial score (nSPS) is 15.2. The number of benzene rings is 1. The van der Waals surface area contributed by atoms with Gasteiger partial charge in [0.05, 0.1) is 0 Å². The maximum absolute atomic E-state index is 5.29. The molecule has 0 radical (unpaired) electrons. The van der Waals surface area contributed by atoms with Crippen molar-refractivity contribution in [1.82, 2.24) is 5.32 Å². The van der Waals surface area contributed by atoms with E-state index in [1.807, 2.05) is 24.3 Å². The third kappa shape index (κ3) is 2.79. The summed E-state index contributed by atoms with van der Waals surface area (Å²) in [5, 5.41) is 3.30. The summed E-state index contributed by atoms with van der Waals surface area (Å²) in [4.78, 5) is 0.859. The van der Waals surface area contributed by atoms with Crippen LogP contribution in [0.1, 0.15) is 18.4 Å². The van der Waals surface area contributed by atoms with E-state index < -0.39 is 0 Å². The van der Waals surface area contributed by atoms with Crippen LogP contribution in [0, 0.1) is 5.92 Å². The Hall–Kier alpha value is -0.410. The fourth-order valence-electron chi connectivity index (χ4n) is 1.29. The molecule has 2 rings (SSSR count). The molecule has 14 heavy (non-hydrogen) atoms. The molecule has 1 aliphatic rings. The lowest BCUT2D eigenvalue weighted by atomic mass is 10.2. The second-order valence-corrected chi connectivity index (χ2v) is 4.99. The molecule has 1 aromatic carbocycles. The average Bonchev–Trinajstić information content (AvgIpc) is 2.97. The van der Waals surface area contributed by atoms with Crippen molar-refractivity contribution in [2.45, 2.75) is 12.8 Å². The minimum absolute atomic E-state index is 0.859. The van der Waals surface area contributed by atoms with Gasteiger partial charge in [0.2, 0.25) is 0 Å². The second kappa shape index (κ2) is 4.41. The monoisotopic (exact) mass is 269 g/mol. The van der Waals surface area contributed by atoms with Gasteiger partial charge in [-0.2, -0.15) is 0 Å². The molecule has 1 saturated carbocycles. The van der Waals surface area contributed by atoms with E-state index in [0.717, 1.165) is 27.5 Å². The second-order valence-electron chi connectivity index (χ2n) is 3.66. The smallest absolute Gasteiger partial charge is 0.106 e. The van der Waals surface area contributed by atoms with E-state index in [9.17, 15) is 0 Å². The van der Waals surface area contributed by atoms with Crippen molar-refractivity contribution in [2.24, 2.45) is 5.92 Å². The molecule has 0 heterocycles. The molecule has 0 aliphatic heterocycles. The van der Waals surface area contributed by atoms with Crippen molar-refractivity contribution in [1.29, 1.82) is 0 Å². The lowest BCUT2D eigenvalue weighted by molar-refractivity contribution is 0.779. The fraction of sp³-hybridized carbons (Fsp3) is 0.364. The summed E-state index contributed by atoms with van der Waals surface area (Å²) in [6, 6.07) is 8.09. The van der Waals surface area contributed by atoms with Crippen LogP contribution in [-0.4, -0.2) is 11.5 Å². The fourth-order valence-corrected chi connectivity index (χ4v) is 1.90. The molecule has 3 heteroatoms. The van der Waals surface area contributed by atoms with Crippen molar-refractivity contribution in [3.63, 3.8) is 0 Å². The summed E-state index contributed by atoms with van der Waals surface area (Å²) in [7, 11) is 0. The summed E-state index contributed by atoms with van der Waals surface area (Å²) in [6.45, 7) is 1.03. The van der Waals surface area contributed by atoms with E-state index in [2.05, 4.69) is 21.2 Å². The van der Waals surface area contributed by atoms with Gasteiger partial charge < -0.3 is 5.32 Å². The average molecular weight is 270 g/mol. The Labute approximate surface area is 98.0 Å². The summed E-state index contributed by atoms with van der Waals surface area (Å²) in [6.07, 6.45) is 2.71. The van der Waals surface area contributed by atoms with Gasteiger partial charge in [-0.3, -0.25) is 0 Å². The highest BCUT2D eigenvalue weighted by atomic mass is 79.9. The molecule has 0 aromatic heterocycles. The lowest BCUT2D eigenvalue weighted by Gasteiger charge is -2.07. The Morgan fingerprint density at radius 1 is 1.50 bits per heavy atom. The number of halogens is 1. The summed E-state index contributed by atoms with van der Waals surface area (Å²) >= 11 is 8.73. The van der Waals surface area contributed by atoms with E-state index in [4.69, 9.17) is 12.2 Å². The molecule has 0 saturated heterocycles. The standard InChI is InChI=1S/C11H12BrNS/c12-10-3-1-2-9(6-10)11(14)13-7-8-4-5-8/h1-3,6,8H,4-5,7H2,(H,13,14). The van der Waals surface area contributed by atoms with Gasteiger partial charge in [-0.1, -0.05) is 40.3 Å². The summed E-state index contributed by atoms with van der Waals surface area (Å²) in [5.74, 6) is 0.861. The van der Waals surface area contributed by atoms with Gasteiger partial charge in [0.25, 0.3) is 0 Å². The van der Waals surface area contributed by atoms with Gasteiger partial charge in [0.1, 0.15) is 4.99 Å². The first-order valence-corrected chi connectivity index (χ1v) is 5.99. The molecule has 1 nitrogen and oxygen atoms in total. The highest BCUT2D eigenvalue weighted by Gasteiger charge is 2.20. The van der Waals surface area contributed by atoms with Crippen LogP contribution in [0.4, 0.5) is 0 Å². The van der Waals surface area contributed by atoms with Gasteiger partial charge in [0.15, 0.2) is 0 Å². The molecule has 0 atom stereocenters. The topological polar surface area (TPSA) is 12.0 Å². The van der Waals surface area contributed by atoms with Gasteiger partial charge >= 0.3 is 0 Å². The molecule has 1 N–H and O–H groups in total. The quantitative estimate of drug-likeness (QED) is 0.847. The van der Waals surface area contributed by atoms with Crippen LogP contribution in [-0.2, 0) is 0 Å². The van der Waals surface area contributed by atoms with Crippen LogP contribution >= 0.6 is 28.1 Å². The number of hydrogen-bond acceptors (Lipinski definition) is 1. The number of rotatable bonds is 3. The Kier molecular flexibility index (Phi) is 3.19. The predicted molar refractivity (Wildman–Crippen MR) is 66.6 cm³/mol. The SMILES string of the molecule is S=C(NCC1CC1)c1cccc(Br)c1. The van der Waals surface area contributed by atoms with Crippen LogP contribution in [0.25, 0.3) is 0 Å². The minimum atomic E-state index is 0.859. The molecular formula is C11H12BrNS. The number of thiocarbonyl (C=S) groups is 1. The van der Waals surface area contributed by atoms with Crippen LogP contribution in [0.3, 0.4) is 0 Å². The van der Waals surface area contributed by atoms with E-state index >= 15 is 0 Å². The van der Waals surface area contributed by atoms with Crippen molar-refractivity contribution >= 4 is 33.1 Å². The van der Waals surface area contributed by atoms with Gasteiger partial charge in [-0.15, -0.1) is 0 Å². The molecule has 0 spiro atoms. The number of hydrogen-bond donors (Lipinski definition) is 1. The van der Waals surface area contributed by atoms with Crippen LogP contribution < -0.4 is 5.32 Å². The largest absolute Gasteiger partial charge is 0.376 e. The molecule has 0 amide bonds. The van der Waals surface area contributed by atoms with Crippen molar-refractivity contribution in [3.8, 4) is 0 Å². The van der Waals surface area contributed by atoms with E-state index in [1.165, 1.54) is 12.8 Å². The zero-order valence-electron chi connectivity index (χ0n) is 7.79. The highest BCUT2D eigenvalue weighted by molar-refractivity contribution is 9.10. The van der Waals surface area contributed by atoms with Gasteiger partial charge in [-0.25, -0.2) is 0 Å². The molecular weight excluding hydrogens is 258 g/mol. The summed E-state index contributed by atoms with van der Waals surface area (Å²) < 4.78 is 1.07. The third-order valence-electron chi connectivity index (χ3n) is 2.34. The zero-order valence-corrected chi connectivity index (χ0v) is 10.2. The molecule has 74 valence electrons. The first-order chi connectivity index (χ1) is 6.75. The molecule has 0 bridgehead atoms. The van der Waals surface area contributed by atoms with Gasteiger partial charge in [-0.05, 0) is 30.9 Å². The van der Waals surface area contributed by atoms with Crippen LogP contribution in [0.2, 0.25) is 0 Å².